The molecule has 0 unspecified atom stereocenters. The van der Waals surface area contributed by atoms with Gasteiger partial charge in [-0.15, -0.1) is 0 Å². The number of ether oxygens (including phenoxy) is 3. The molecule has 0 saturated carbocycles. The van der Waals surface area contributed by atoms with Gasteiger partial charge in [0.2, 0.25) is 0 Å². The lowest BCUT2D eigenvalue weighted by atomic mass is 10.2. The van der Waals surface area contributed by atoms with Gasteiger partial charge in [-0.05, 0) is 38.1 Å². The number of benzene rings is 1. The van der Waals surface area contributed by atoms with E-state index in [1.807, 2.05) is 13.8 Å². The quantitative estimate of drug-likeness (QED) is 0.855. The molecule has 0 spiro atoms. The number of urea groups is 1. The average molecular weight is 320 g/mol. The predicted octanol–water partition coefficient (Wildman–Crippen LogP) is 1.52. The van der Waals surface area contributed by atoms with E-state index in [4.69, 9.17) is 14.2 Å². The number of amides is 2. The van der Waals surface area contributed by atoms with E-state index in [1.165, 1.54) is 0 Å². The van der Waals surface area contributed by atoms with Crippen molar-refractivity contribution in [3.63, 3.8) is 0 Å². The Kier molecular flexibility index (Phi) is 4.23. The second-order valence-electron chi connectivity index (χ2n) is 5.98. The van der Waals surface area contributed by atoms with Crippen LogP contribution in [0.2, 0.25) is 0 Å². The summed E-state index contributed by atoms with van der Waals surface area (Å²) in [5.41, 5.74) is 1.18. The summed E-state index contributed by atoms with van der Waals surface area (Å²) in [5.74, 6) is -1.07. The zero-order valence-electron chi connectivity index (χ0n) is 13.2. The first kappa shape index (κ1) is 15.8. The maximum Gasteiger partial charge on any atom is 0.338 e. The molecule has 0 atom stereocenters. The van der Waals surface area contributed by atoms with Gasteiger partial charge in [0.15, 0.2) is 5.79 Å². The SMILES string of the molecule is CC1(C)OCC(OC(=O)c2ccc(N3CCNC3=O)cc2)CO1. The van der Waals surface area contributed by atoms with Gasteiger partial charge in [0.05, 0.1) is 18.8 Å². The minimum absolute atomic E-state index is 0.126. The Morgan fingerprint density at radius 3 is 2.48 bits per heavy atom. The third-order valence-corrected chi connectivity index (χ3v) is 3.78. The molecule has 3 rings (SSSR count). The average Bonchev–Trinajstić information content (AvgIpc) is 2.96. The molecule has 7 nitrogen and oxygen atoms in total. The Balaban J connectivity index is 1.59. The van der Waals surface area contributed by atoms with Crippen LogP contribution in [0.15, 0.2) is 24.3 Å². The largest absolute Gasteiger partial charge is 0.454 e. The molecule has 0 bridgehead atoms. The first-order valence-electron chi connectivity index (χ1n) is 7.59. The summed E-state index contributed by atoms with van der Waals surface area (Å²) in [5, 5.41) is 2.73. The maximum absolute atomic E-state index is 12.1. The Labute approximate surface area is 134 Å². The van der Waals surface area contributed by atoms with E-state index in [0.29, 0.717) is 31.9 Å². The number of rotatable bonds is 3. The molecule has 2 saturated heterocycles. The third-order valence-electron chi connectivity index (χ3n) is 3.78. The Bertz CT molecular complexity index is 589. The molecule has 1 aromatic carbocycles. The van der Waals surface area contributed by atoms with Crippen LogP contribution in [0, 0.1) is 0 Å². The fourth-order valence-corrected chi connectivity index (χ4v) is 2.46. The second kappa shape index (κ2) is 6.17. The Hall–Kier alpha value is -2.12. The molecule has 0 radical (unpaired) electrons. The lowest BCUT2D eigenvalue weighted by Crippen LogP contribution is -2.43. The van der Waals surface area contributed by atoms with Crippen molar-refractivity contribution >= 4 is 17.7 Å². The van der Waals surface area contributed by atoms with Crippen molar-refractivity contribution in [3.05, 3.63) is 29.8 Å². The van der Waals surface area contributed by atoms with Crippen LogP contribution in [0.5, 0.6) is 0 Å². The van der Waals surface area contributed by atoms with Crippen molar-refractivity contribution in [2.45, 2.75) is 25.7 Å². The standard InChI is InChI=1S/C16H20N2O5/c1-16(2)21-9-13(10-22-16)23-14(19)11-3-5-12(6-4-11)18-8-7-17-15(18)20/h3-6,13H,7-10H2,1-2H3,(H,17,20). The number of hydrogen-bond acceptors (Lipinski definition) is 5. The van der Waals surface area contributed by atoms with Gasteiger partial charge in [-0.2, -0.15) is 0 Å². The summed E-state index contributed by atoms with van der Waals surface area (Å²) in [7, 11) is 0. The molecule has 1 N–H and O–H groups in total. The minimum atomic E-state index is -0.638. The fourth-order valence-electron chi connectivity index (χ4n) is 2.46. The van der Waals surface area contributed by atoms with Crippen LogP contribution in [-0.4, -0.2) is 50.2 Å². The molecule has 2 heterocycles. The predicted molar refractivity (Wildman–Crippen MR) is 82.4 cm³/mol. The second-order valence-corrected chi connectivity index (χ2v) is 5.98. The van der Waals surface area contributed by atoms with Gasteiger partial charge in [0.1, 0.15) is 6.10 Å². The highest BCUT2D eigenvalue weighted by molar-refractivity contribution is 5.95. The third kappa shape index (κ3) is 3.62. The summed E-state index contributed by atoms with van der Waals surface area (Å²) in [6.07, 6.45) is -0.417. The van der Waals surface area contributed by atoms with Crippen LogP contribution in [0.1, 0.15) is 24.2 Å². The van der Waals surface area contributed by atoms with Crippen molar-refractivity contribution in [3.8, 4) is 0 Å². The van der Waals surface area contributed by atoms with Crippen molar-refractivity contribution < 1.29 is 23.8 Å². The van der Waals surface area contributed by atoms with Crippen LogP contribution in [0.25, 0.3) is 0 Å². The molecular weight excluding hydrogens is 300 g/mol. The van der Waals surface area contributed by atoms with Gasteiger partial charge in [-0.25, -0.2) is 9.59 Å². The number of anilines is 1. The highest BCUT2D eigenvalue weighted by atomic mass is 16.7. The van der Waals surface area contributed by atoms with Crippen LogP contribution >= 0.6 is 0 Å². The Morgan fingerprint density at radius 1 is 1.26 bits per heavy atom. The van der Waals surface area contributed by atoms with Crippen molar-refractivity contribution in [2.24, 2.45) is 0 Å². The number of carbonyl (C=O) groups is 2. The van der Waals surface area contributed by atoms with E-state index in [0.717, 1.165) is 5.69 Å². The highest BCUT2D eigenvalue weighted by Crippen LogP contribution is 2.21. The van der Waals surface area contributed by atoms with Crippen molar-refractivity contribution in [2.75, 3.05) is 31.2 Å². The smallest absolute Gasteiger partial charge is 0.338 e. The summed E-state index contributed by atoms with van der Waals surface area (Å²) < 4.78 is 16.3. The minimum Gasteiger partial charge on any atom is -0.454 e. The lowest BCUT2D eigenvalue weighted by molar-refractivity contribution is -0.272. The first-order chi connectivity index (χ1) is 10.9. The zero-order chi connectivity index (χ0) is 16.4. The molecule has 2 aliphatic rings. The van der Waals surface area contributed by atoms with E-state index >= 15 is 0 Å². The summed E-state index contributed by atoms with van der Waals surface area (Å²) in [6.45, 7) is 5.50. The highest BCUT2D eigenvalue weighted by Gasteiger charge is 2.30. The lowest BCUT2D eigenvalue weighted by Gasteiger charge is -2.34. The molecule has 7 heteroatoms. The summed E-state index contributed by atoms with van der Waals surface area (Å²) in [6, 6.07) is 6.64. The zero-order valence-corrected chi connectivity index (χ0v) is 13.2. The van der Waals surface area contributed by atoms with E-state index < -0.39 is 17.9 Å². The molecule has 2 aliphatic heterocycles. The number of hydrogen-bond donors (Lipinski definition) is 1. The summed E-state index contributed by atoms with van der Waals surface area (Å²) in [4.78, 5) is 25.4. The molecule has 0 aromatic heterocycles. The van der Waals surface area contributed by atoms with Gasteiger partial charge >= 0.3 is 12.0 Å². The van der Waals surface area contributed by atoms with E-state index in [9.17, 15) is 9.59 Å². The first-order valence-corrected chi connectivity index (χ1v) is 7.59. The van der Waals surface area contributed by atoms with E-state index in [-0.39, 0.29) is 6.03 Å². The van der Waals surface area contributed by atoms with Crippen LogP contribution < -0.4 is 10.2 Å². The number of esters is 1. The molecule has 0 aliphatic carbocycles. The molecule has 1 aromatic rings. The molecule has 2 amide bonds. The van der Waals surface area contributed by atoms with Crippen LogP contribution in [0.4, 0.5) is 10.5 Å². The van der Waals surface area contributed by atoms with Gasteiger partial charge in [0.25, 0.3) is 0 Å². The topological polar surface area (TPSA) is 77.1 Å². The van der Waals surface area contributed by atoms with Crippen molar-refractivity contribution in [1.29, 1.82) is 0 Å². The van der Waals surface area contributed by atoms with Gasteiger partial charge in [0, 0.05) is 18.8 Å². The number of nitrogens with zero attached hydrogens (tertiary/aromatic N) is 1. The molecule has 124 valence electrons. The maximum atomic E-state index is 12.1. The normalized spacial score (nSPS) is 21.1. The molecule has 23 heavy (non-hydrogen) atoms. The fraction of sp³-hybridized carbons (Fsp3) is 0.500. The Morgan fingerprint density at radius 2 is 1.91 bits per heavy atom. The molecule has 2 fully saturated rings. The van der Waals surface area contributed by atoms with Crippen LogP contribution in [0.3, 0.4) is 0 Å². The van der Waals surface area contributed by atoms with Gasteiger partial charge < -0.3 is 19.5 Å². The summed E-state index contributed by atoms with van der Waals surface area (Å²) >= 11 is 0. The number of nitrogens with one attached hydrogen (secondary N) is 1. The number of carbonyl (C=O) groups excluding carboxylic acids is 2. The van der Waals surface area contributed by atoms with Crippen molar-refractivity contribution in [1.82, 2.24) is 5.32 Å². The van der Waals surface area contributed by atoms with E-state index in [2.05, 4.69) is 5.32 Å². The van der Waals surface area contributed by atoms with E-state index in [1.54, 1.807) is 29.2 Å². The molecular formula is C16H20N2O5. The van der Waals surface area contributed by atoms with Gasteiger partial charge in [-0.1, -0.05) is 0 Å². The van der Waals surface area contributed by atoms with Gasteiger partial charge in [-0.3, -0.25) is 4.90 Å². The van der Waals surface area contributed by atoms with Crippen LogP contribution in [-0.2, 0) is 14.2 Å². The monoisotopic (exact) mass is 320 g/mol.